The van der Waals surface area contributed by atoms with Crippen LogP contribution in [-0.2, 0) is 16.1 Å². The summed E-state index contributed by atoms with van der Waals surface area (Å²) >= 11 is 1.67. The summed E-state index contributed by atoms with van der Waals surface area (Å²) in [6.45, 7) is 7.13. The molecule has 2 aromatic carbocycles. The lowest BCUT2D eigenvalue weighted by atomic mass is 10.1. The van der Waals surface area contributed by atoms with Gasteiger partial charge in [0.05, 0.1) is 0 Å². The summed E-state index contributed by atoms with van der Waals surface area (Å²) in [5.74, 6) is 0.650. The standard InChI is InChI=1S/C24H32N2O2S/c1-4-16-25-24(28)22(5-2)26(18-20-9-7-6-8-10-20)23(27)15-17-29-21-13-11-19(3)12-14-21/h6-14,22H,4-5,15-18H2,1-3H3,(H,25,28). The van der Waals surface area contributed by atoms with Gasteiger partial charge in [0, 0.05) is 30.2 Å². The summed E-state index contributed by atoms with van der Waals surface area (Å²) in [5, 5.41) is 2.95. The highest BCUT2D eigenvalue weighted by Crippen LogP contribution is 2.21. The zero-order chi connectivity index (χ0) is 21.1. The minimum absolute atomic E-state index is 0.0203. The molecule has 0 bridgehead atoms. The molecule has 2 amide bonds. The van der Waals surface area contributed by atoms with E-state index in [2.05, 4.69) is 36.5 Å². The van der Waals surface area contributed by atoms with Crippen LogP contribution >= 0.6 is 11.8 Å². The van der Waals surface area contributed by atoms with Crippen molar-refractivity contribution in [2.24, 2.45) is 0 Å². The van der Waals surface area contributed by atoms with E-state index >= 15 is 0 Å². The molecule has 1 atom stereocenters. The molecule has 0 radical (unpaired) electrons. The first-order valence-electron chi connectivity index (χ1n) is 10.4. The molecule has 1 unspecified atom stereocenters. The Hall–Kier alpha value is -2.27. The lowest BCUT2D eigenvalue weighted by molar-refractivity contribution is -0.141. The van der Waals surface area contributed by atoms with E-state index in [-0.39, 0.29) is 11.8 Å². The molecule has 0 aliphatic rings. The van der Waals surface area contributed by atoms with Crippen LogP contribution in [0.15, 0.2) is 59.5 Å². The Kier molecular flexibility index (Phi) is 9.78. The van der Waals surface area contributed by atoms with Crippen LogP contribution in [0, 0.1) is 6.92 Å². The monoisotopic (exact) mass is 412 g/mol. The average molecular weight is 413 g/mol. The maximum atomic E-state index is 13.1. The fourth-order valence-electron chi connectivity index (χ4n) is 3.10. The Morgan fingerprint density at radius 3 is 2.34 bits per heavy atom. The zero-order valence-corrected chi connectivity index (χ0v) is 18.5. The van der Waals surface area contributed by atoms with Crippen molar-refractivity contribution in [3.05, 3.63) is 65.7 Å². The van der Waals surface area contributed by atoms with Crippen molar-refractivity contribution in [2.75, 3.05) is 12.3 Å². The number of carbonyl (C=O) groups is 2. The molecule has 0 saturated heterocycles. The normalized spacial score (nSPS) is 11.7. The SMILES string of the molecule is CCCNC(=O)C(CC)N(Cc1ccccc1)C(=O)CCSc1ccc(C)cc1. The summed E-state index contributed by atoms with van der Waals surface area (Å²) in [6.07, 6.45) is 1.88. The van der Waals surface area contributed by atoms with Crippen molar-refractivity contribution in [3.63, 3.8) is 0 Å². The number of nitrogens with one attached hydrogen (secondary N) is 1. The third kappa shape index (κ3) is 7.58. The lowest BCUT2D eigenvalue weighted by Gasteiger charge is -2.30. The van der Waals surface area contributed by atoms with Crippen LogP contribution in [0.25, 0.3) is 0 Å². The smallest absolute Gasteiger partial charge is 0.242 e. The van der Waals surface area contributed by atoms with Crippen molar-refractivity contribution in [1.82, 2.24) is 10.2 Å². The molecule has 2 aromatic rings. The Labute approximate surface area is 179 Å². The zero-order valence-electron chi connectivity index (χ0n) is 17.7. The van der Waals surface area contributed by atoms with E-state index in [1.807, 2.05) is 44.2 Å². The van der Waals surface area contributed by atoms with Crippen LogP contribution in [0.3, 0.4) is 0 Å². The number of amides is 2. The van der Waals surface area contributed by atoms with Gasteiger partial charge in [-0.25, -0.2) is 0 Å². The second kappa shape index (κ2) is 12.3. The van der Waals surface area contributed by atoms with E-state index in [4.69, 9.17) is 0 Å². The van der Waals surface area contributed by atoms with Crippen molar-refractivity contribution in [1.29, 1.82) is 0 Å². The topological polar surface area (TPSA) is 49.4 Å². The third-order valence-corrected chi connectivity index (χ3v) is 5.75. The molecule has 0 aromatic heterocycles. The molecule has 0 saturated carbocycles. The number of nitrogens with zero attached hydrogens (tertiary/aromatic N) is 1. The summed E-state index contributed by atoms with van der Waals surface area (Å²) in [4.78, 5) is 28.7. The highest BCUT2D eigenvalue weighted by Gasteiger charge is 2.28. The Bertz CT molecular complexity index is 762. The van der Waals surface area contributed by atoms with Crippen LogP contribution < -0.4 is 5.32 Å². The first-order valence-corrected chi connectivity index (χ1v) is 11.3. The molecule has 0 heterocycles. The Balaban J connectivity index is 2.06. The number of rotatable bonds is 11. The van der Waals surface area contributed by atoms with E-state index in [0.29, 0.717) is 31.7 Å². The van der Waals surface area contributed by atoms with E-state index in [9.17, 15) is 9.59 Å². The van der Waals surface area contributed by atoms with Gasteiger partial charge in [0.25, 0.3) is 0 Å². The number of benzene rings is 2. The van der Waals surface area contributed by atoms with Gasteiger partial charge in [0.15, 0.2) is 0 Å². The van der Waals surface area contributed by atoms with Gasteiger partial charge >= 0.3 is 0 Å². The second-order valence-corrected chi connectivity index (χ2v) is 8.30. The summed E-state index contributed by atoms with van der Waals surface area (Å²) in [5.41, 5.74) is 2.26. The maximum Gasteiger partial charge on any atom is 0.242 e. The fourth-order valence-corrected chi connectivity index (χ4v) is 3.94. The largest absolute Gasteiger partial charge is 0.354 e. The van der Waals surface area contributed by atoms with Crippen LogP contribution in [0.1, 0.15) is 44.2 Å². The van der Waals surface area contributed by atoms with Gasteiger partial charge in [-0.3, -0.25) is 9.59 Å². The van der Waals surface area contributed by atoms with Gasteiger partial charge < -0.3 is 10.2 Å². The molecule has 156 valence electrons. The maximum absolute atomic E-state index is 13.1. The highest BCUT2D eigenvalue weighted by atomic mass is 32.2. The van der Waals surface area contributed by atoms with Crippen molar-refractivity contribution in [3.8, 4) is 0 Å². The van der Waals surface area contributed by atoms with Crippen LogP contribution in [-0.4, -0.2) is 35.1 Å². The molecule has 0 fully saturated rings. The second-order valence-electron chi connectivity index (χ2n) is 7.13. The number of hydrogen-bond acceptors (Lipinski definition) is 3. The predicted octanol–water partition coefficient (Wildman–Crippen LogP) is 4.81. The molecule has 1 N–H and O–H groups in total. The van der Waals surface area contributed by atoms with Gasteiger partial charge in [0.2, 0.25) is 11.8 Å². The molecule has 4 nitrogen and oxygen atoms in total. The lowest BCUT2D eigenvalue weighted by Crippen LogP contribution is -2.49. The quantitative estimate of drug-likeness (QED) is 0.539. The first kappa shape index (κ1) is 23.0. The Morgan fingerprint density at radius 1 is 1.03 bits per heavy atom. The van der Waals surface area contributed by atoms with Gasteiger partial charge in [-0.2, -0.15) is 0 Å². The van der Waals surface area contributed by atoms with E-state index in [1.54, 1.807) is 16.7 Å². The van der Waals surface area contributed by atoms with Crippen molar-refractivity contribution < 1.29 is 9.59 Å². The van der Waals surface area contributed by atoms with Crippen molar-refractivity contribution >= 4 is 23.6 Å². The predicted molar refractivity (Wildman–Crippen MR) is 121 cm³/mol. The fraction of sp³-hybridized carbons (Fsp3) is 0.417. The van der Waals surface area contributed by atoms with E-state index in [0.717, 1.165) is 16.9 Å². The minimum Gasteiger partial charge on any atom is -0.354 e. The van der Waals surface area contributed by atoms with Crippen molar-refractivity contribution in [2.45, 2.75) is 57.5 Å². The molecule has 5 heteroatoms. The average Bonchev–Trinajstić information content (AvgIpc) is 2.74. The third-order valence-electron chi connectivity index (χ3n) is 4.74. The highest BCUT2D eigenvalue weighted by molar-refractivity contribution is 7.99. The molecule has 0 spiro atoms. The summed E-state index contributed by atoms with van der Waals surface area (Å²) in [6, 6.07) is 17.8. The van der Waals surface area contributed by atoms with Gasteiger partial charge in [-0.15, -0.1) is 11.8 Å². The van der Waals surface area contributed by atoms with Crippen LogP contribution in [0.5, 0.6) is 0 Å². The van der Waals surface area contributed by atoms with Crippen LogP contribution in [0.4, 0.5) is 0 Å². The van der Waals surface area contributed by atoms with Crippen LogP contribution in [0.2, 0.25) is 0 Å². The number of thioether (sulfide) groups is 1. The summed E-state index contributed by atoms with van der Waals surface area (Å²) in [7, 11) is 0. The first-order chi connectivity index (χ1) is 14.0. The number of carbonyl (C=O) groups excluding carboxylic acids is 2. The van der Waals surface area contributed by atoms with Gasteiger partial charge in [-0.05, 0) is 37.5 Å². The molecule has 0 aliphatic carbocycles. The number of hydrogen-bond donors (Lipinski definition) is 1. The minimum atomic E-state index is -0.446. The number of aryl methyl sites for hydroxylation is 1. The molecular formula is C24H32N2O2S. The van der Waals surface area contributed by atoms with Gasteiger partial charge in [-0.1, -0.05) is 61.9 Å². The van der Waals surface area contributed by atoms with E-state index < -0.39 is 6.04 Å². The molecule has 2 rings (SSSR count). The van der Waals surface area contributed by atoms with E-state index in [1.165, 1.54) is 5.56 Å². The molecular weight excluding hydrogens is 380 g/mol. The van der Waals surface area contributed by atoms with Gasteiger partial charge in [0.1, 0.15) is 6.04 Å². The summed E-state index contributed by atoms with van der Waals surface area (Å²) < 4.78 is 0. The molecule has 0 aliphatic heterocycles. The Morgan fingerprint density at radius 2 is 1.72 bits per heavy atom. The molecule has 29 heavy (non-hydrogen) atoms.